The molecule has 0 aromatic heterocycles. The fraction of sp³-hybridized carbons (Fsp3) is 0.495. The van der Waals surface area contributed by atoms with Crippen molar-refractivity contribution in [2.45, 2.75) is 234 Å². The number of primary amides is 1. The van der Waals surface area contributed by atoms with Gasteiger partial charge in [0, 0.05) is 93.7 Å². The Morgan fingerprint density at radius 2 is 1.03 bits per heavy atom. The zero-order chi connectivity index (χ0) is 112. The number of carbonyl (C=O) groups is 20. The molecule has 1 aliphatic rings. The molecule has 52 nitrogen and oxygen atoms in total. The number of sulfonamides is 1. The lowest BCUT2D eigenvalue weighted by molar-refractivity contribution is -0.147. The molecule has 0 aliphatic carbocycles. The van der Waals surface area contributed by atoms with Crippen molar-refractivity contribution in [3.05, 3.63) is 126 Å². The second-order valence-electron chi connectivity index (χ2n) is 36.8. The van der Waals surface area contributed by atoms with Gasteiger partial charge in [-0.05, 0) is 161 Å². The number of azo groups is 1. The first-order valence-electron chi connectivity index (χ1n) is 48.4. The van der Waals surface area contributed by atoms with Crippen molar-refractivity contribution in [2.75, 3.05) is 70.2 Å². The lowest BCUT2D eigenvalue weighted by Gasteiger charge is -2.35. The Balaban J connectivity index is 1.30. The number of likely N-dealkylation sites (tertiary alicyclic amines) is 1. The summed E-state index contributed by atoms with van der Waals surface area (Å²) in [6, 6.07) is 3.42. The Morgan fingerprint density at radius 1 is 0.493 bits per heavy atom. The van der Waals surface area contributed by atoms with E-state index in [0.717, 1.165) is 16.7 Å². The third-order valence-electron chi connectivity index (χ3n) is 23.8. The number of fused-ring (bicyclic) bond motifs is 1. The van der Waals surface area contributed by atoms with E-state index >= 15 is 42.0 Å². The SMILES string of the molecule is CC(C)C[C@H](NC(=O)[C@@H](NC(=O)[C@H](CCC(=O)O)NC(=O)[C@H](CCC(=O)O)N(C(=O)[C@H](CO)NC(=O)[C@@H](N)CC(=O)O)S(=O)(=O)c1cccc2c(NCCN)cccc12)C(C)C)C(=O)N[C@@H](Cc1ccccc1)C(=O)N[C@@H](CCC(N)=O)C(=O)NCC(=O)N1CCC[C@H]1C(=O)N[C@H](C(=O)N(C(=O)c1ccc(N=Nc2ccc(N(C)C)cc2)cc1)[C@@H](CCCCN)C(=O)N[C@@H](CCCNC(=N)N)C(=O)N[C@@H](CC(=O)O)C(=O)O)C(C)C. The van der Waals surface area contributed by atoms with Crippen molar-refractivity contribution < 1.29 is 135 Å². The van der Waals surface area contributed by atoms with Crippen LogP contribution < -0.4 is 97.4 Å². The molecule has 1 aliphatic heterocycles. The van der Waals surface area contributed by atoms with Crippen LogP contribution in [0.4, 0.5) is 22.7 Å². The number of anilines is 2. The monoisotopic (exact) mass is 2120 g/mol. The third-order valence-corrected chi connectivity index (χ3v) is 25.7. The molecule has 1 heterocycles. The van der Waals surface area contributed by atoms with E-state index in [1.807, 2.05) is 24.3 Å². The number of hydrogen-bond donors (Lipinski definition) is 24. The van der Waals surface area contributed by atoms with Crippen molar-refractivity contribution in [3.8, 4) is 0 Å². The van der Waals surface area contributed by atoms with Crippen LogP contribution in [0.15, 0.2) is 130 Å². The van der Waals surface area contributed by atoms with Crippen LogP contribution in [0.2, 0.25) is 0 Å². The minimum atomic E-state index is -5.64. The summed E-state index contributed by atoms with van der Waals surface area (Å²) >= 11 is 0. The average molecular weight is 2120 g/mol. The Labute approximate surface area is 864 Å². The lowest BCUT2D eigenvalue weighted by atomic mass is 9.97. The zero-order valence-electron chi connectivity index (χ0n) is 84.3. The number of hydrogen-bond acceptors (Lipinski definition) is 31. The number of amides is 15. The maximum atomic E-state index is 15.8. The quantitative estimate of drug-likeness (QED) is 0.00905. The van der Waals surface area contributed by atoms with Gasteiger partial charge in [0.25, 0.3) is 27.7 Å². The average Bonchev–Trinajstić information content (AvgIpc) is 0.812. The zero-order valence-corrected chi connectivity index (χ0v) is 85.1. The molecule has 0 saturated carbocycles. The van der Waals surface area contributed by atoms with Gasteiger partial charge in [0.05, 0.1) is 48.3 Å². The number of nitrogens with zero attached hydrogens (tertiary/aromatic N) is 6. The normalized spacial score (nSPS) is 14.8. The molecule has 1 fully saturated rings. The highest BCUT2D eigenvalue weighted by molar-refractivity contribution is 7.90. The van der Waals surface area contributed by atoms with Gasteiger partial charge in [-0.2, -0.15) is 10.2 Å². The van der Waals surface area contributed by atoms with Crippen LogP contribution in [-0.4, -0.2) is 316 Å². The molecular formula is C97H136N24O28S. The number of rotatable bonds is 63. The minimum absolute atomic E-state index is 0.0228. The van der Waals surface area contributed by atoms with E-state index in [4.69, 9.17) is 34.1 Å². The van der Waals surface area contributed by atoms with Crippen LogP contribution in [0.1, 0.15) is 160 Å². The number of nitrogens with two attached hydrogens (primary N) is 5. The molecule has 29 N–H and O–H groups in total. The summed E-state index contributed by atoms with van der Waals surface area (Å²) in [4.78, 5) is 284. The third kappa shape index (κ3) is 37.9. The molecule has 1 saturated heterocycles. The molecule has 15 amide bonds. The number of imide groups is 1. The molecule has 0 radical (unpaired) electrons. The number of aliphatic hydroxyl groups is 1. The molecule has 5 aromatic rings. The summed E-state index contributed by atoms with van der Waals surface area (Å²) in [5.74, 6) is -29.6. The summed E-state index contributed by atoms with van der Waals surface area (Å²) in [6.07, 6.45) is -8.54. The number of benzene rings is 5. The molecule has 150 heavy (non-hydrogen) atoms. The predicted octanol–water partition coefficient (Wildman–Crippen LogP) is -1.57. The van der Waals surface area contributed by atoms with E-state index in [-0.39, 0.29) is 117 Å². The van der Waals surface area contributed by atoms with Gasteiger partial charge in [-0.25, -0.2) is 17.5 Å². The molecule has 818 valence electrons. The fourth-order valence-corrected chi connectivity index (χ4v) is 17.8. The Kier molecular flexibility index (Phi) is 49.1. The van der Waals surface area contributed by atoms with Crippen molar-refractivity contribution in [2.24, 2.45) is 56.7 Å². The first-order valence-corrected chi connectivity index (χ1v) is 49.9. The number of carbonyl (C=O) groups excluding carboxylic acids is 15. The molecule has 0 unspecified atom stereocenters. The van der Waals surface area contributed by atoms with Gasteiger partial charge in [0.1, 0.15) is 72.5 Å². The standard InChI is InChI=1S/C97H136N24O28S/c1-52(2)46-67(111-92(142)81(53(3)4)114-86(136)66(36-39-77(125)126)109-91(141)73(37-40-78(127)128)121(94(144)70(51-122)113-83(133)62(100)48-79(129)130)150(148,149)74-26-15-20-60-61(74)21-14-22-63(60)104-44-42-99)87(137)110-68(47-55-18-10-9-11-19-55)88(138)107-65(35-38-75(101)123)84(134)106-50-76(124)119-45-17-25-71(119)89(139)115-82(54(5)6)95(145)120(93(143)56-27-29-57(30-28-56)116-117-58-31-33-59(34-32-58)118(7)8)72(24-12-13-41-98)90(140)108-64(23-16-43-105-97(102)103)85(135)112-69(96(146)147)49-80(131)132/h9-11,14-15,18-22,26-34,52-54,62,64-73,81-82,104,122H,12-13,16-17,23-25,35-51,98-100H2,1-8H3,(H2,101,123)(H,106,134)(H,107,138)(H,108,140)(H,109,141)(H,110,137)(H,111,142)(H,112,135)(H,113,133)(H,114,136)(H,115,139)(H,125,126)(H,127,128)(H,129,130)(H,131,132)(H,146,147)(H4,102,103,105)/t62-,64-,65-,66-,67-,68-,69-,70-,71-,72-,73-,81-,82-/m0/s1. The van der Waals surface area contributed by atoms with Crippen LogP contribution in [0.25, 0.3) is 10.8 Å². The molecule has 0 bridgehead atoms. The topological polar surface area (TPSA) is 833 Å². The largest absolute Gasteiger partial charge is 0.481 e. The van der Waals surface area contributed by atoms with E-state index < -0.39 is 300 Å². The van der Waals surface area contributed by atoms with Crippen LogP contribution in [0.5, 0.6) is 0 Å². The van der Waals surface area contributed by atoms with Crippen LogP contribution in [0, 0.1) is 23.2 Å². The van der Waals surface area contributed by atoms with E-state index in [0.29, 0.717) is 21.8 Å². The van der Waals surface area contributed by atoms with Crippen LogP contribution >= 0.6 is 0 Å². The highest BCUT2D eigenvalue weighted by atomic mass is 32.2. The maximum Gasteiger partial charge on any atom is 0.326 e. The van der Waals surface area contributed by atoms with Gasteiger partial charge in [-0.3, -0.25) is 101 Å². The first kappa shape index (κ1) is 123. The smallest absolute Gasteiger partial charge is 0.326 e. The maximum absolute atomic E-state index is 15.8. The number of nitrogens with one attached hydrogen (secondary N) is 13. The molecule has 6 rings (SSSR count). The van der Waals surface area contributed by atoms with Crippen molar-refractivity contribution in [1.82, 2.24) is 72.6 Å². The minimum Gasteiger partial charge on any atom is -0.481 e. The highest BCUT2D eigenvalue weighted by Gasteiger charge is 2.48. The highest BCUT2D eigenvalue weighted by Crippen LogP contribution is 2.34. The lowest BCUT2D eigenvalue weighted by Crippen LogP contribution is -2.62. The summed E-state index contributed by atoms with van der Waals surface area (Å²) in [5, 5.41) is 106. The van der Waals surface area contributed by atoms with Gasteiger partial charge in [-0.1, -0.05) is 96.1 Å². The van der Waals surface area contributed by atoms with Gasteiger partial charge < -0.3 is 133 Å². The van der Waals surface area contributed by atoms with Crippen LogP contribution in [-0.2, 0) is 108 Å². The van der Waals surface area contributed by atoms with Gasteiger partial charge in [0.15, 0.2) is 5.96 Å². The molecule has 53 heteroatoms. The summed E-state index contributed by atoms with van der Waals surface area (Å²) in [7, 11) is -1.94. The number of carboxylic acids is 5. The van der Waals surface area contributed by atoms with Crippen LogP contribution in [0.3, 0.4) is 0 Å². The van der Waals surface area contributed by atoms with Gasteiger partial charge >= 0.3 is 29.8 Å². The van der Waals surface area contributed by atoms with E-state index in [9.17, 15) is 93.0 Å². The van der Waals surface area contributed by atoms with E-state index in [2.05, 4.69) is 68.7 Å². The number of guanidine groups is 1. The summed E-state index contributed by atoms with van der Waals surface area (Å²) in [6.45, 7) is 6.72. The number of aliphatic carboxylic acids is 5. The molecule has 13 atom stereocenters. The molecule has 5 aromatic carbocycles. The van der Waals surface area contributed by atoms with Gasteiger partial charge in [-0.15, -0.1) is 0 Å². The summed E-state index contributed by atoms with van der Waals surface area (Å²) < 4.78 is 30.9. The second-order valence-corrected chi connectivity index (χ2v) is 38.6. The van der Waals surface area contributed by atoms with Crippen molar-refractivity contribution in [1.29, 1.82) is 5.41 Å². The molecule has 0 spiro atoms. The predicted molar refractivity (Wildman–Crippen MR) is 541 cm³/mol. The number of carboxylic acid groups (broad SMARTS) is 5. The van der Waals surface area contributed by atoms with Gasteiger partial charge in [0.2, 0.25) is 70.9 Å². The first-order chi connectivity index (χ1) is 70.8. The second kappa shape index (κ2) is 59.9. The van der Waals surface area contributed by atoms with E-state index in [1.54, 1.807) is 74.5 Å². The van der Waals surface area contributed by atoms with E-state index in [1.165, 1.54) is 76.2 Å². The van der Waals surface area contributed by atoms with Crippen molar-refractivity contribution in [3.63, 3.8) is 0 Å². The Hall–Kier alpha value is -15.8. The number of unbranched alkanes of at least 4 members (excludes halogenated alkanes) is 1. The Morgan fingerprint density at radius 3 is 1.59 bits per heavy atom. The number of aliphatic hydroxyl groups excluding tert-OH is 1. The fourth-order valence-electron chi connectivity index (χ4n) is 16.0. The Bertz CT molecular complexity index is 5780. The molecular weight excluding hydrogens is 1980 g/mol. The summed E-state index contributed by atoms with van der Waals surface area (Å²) in [5.41, 5.74) is 30.6. The van der Waals surface area contributed by atoms with Crippen molar-refractivity contribution >= 4 is 168 Å².